The van der Waals surface area contributed by atoms with Gasteiger partial charge in [0, 0.05) is 13.1 Å². The number of nitrogens with zero attached hydrogens (tertiary/aromatic N) is 1. The van der Waals surface area contributed by atoms with Gasteiger partial charge in [-0.25, -0.2) is 9.38 Å². The summed E-state index contributed by atoms with van der Waals surface area (Å²) in [6, 6.07) is 10.6. The maximum Gasteiger partial charge on any atom is 0.387 e. The molecule has 3 N–H and O–H groups in total. The predicted molar refractivity (Wildman–Crippen MR) is 102 cm³/mol. The number of benzene rings is 2. The number of guanidine groups is 1. The van der Waals surface area contributed by atoms with E-state index in [1.165, 1.54) is 30.3 Å². The lowest BCUT2D eigenvalue weighted by molar-refractivity contribution is -0.0498. The van der Waals surface area contributed by atoms with E-state index >= 15 is 0 Å². The minimum atomic E-state index is -2.89. The van der Waals surface area contributed by atoms with Gasteiger partial charge in [0.25, 0.3) is 0 Å². The maximum absolute atomic E-state index is 13.3. The largest absolute Gasteiger partial charge is 0.435 e. The Labute approximate surface area is 162 Å². The first kappa shape index (κ1) is 21.6. The fraction of sp³-hybridized carbons (Fsp3) is 0.350. The van der Waals surface area contributed by atoms with Gasteiger partial charge < -0.3 is 20.5 Å². The first-order valence-electron chi connectivity index (χ1n) is 8.89. The molecule has 0 spiro atoms. The summed E-state index contributed by atoms with van der Waals surface area (Å²) in [5.74, 6) is 0.274. The minimum Gasteiger partial charge on any atom is -0.435 e. The third-order valence-corrected chi connectivity index (χ3v) is 3.94. The SMILES string of the molecule is CCNC(=NCc1ccc(F)c(C)c1)NCC(O)c1ccc(OC(F)F)cc1. The van der Waals surface area contributed by atoms with Crippen LogP contribution >= 0.6 is 0 Å². The maximum atomic E-state index is 13.3. The number of rotatable bonds is 8. The van der Waals surface area contributed by atoms with E-state index in [4.69, 9.17) is 0 Å². The number of hydrogen-bond donors (Lipinski definition) is 3. The lowest BCUT2D eigenvalue weighted by Crippen LogP contribution is -2.39. The Kier molecular flexibility index (Phi) is 8.13. The number of hydrogen-bond acceptors (Lipinski definition) is 3. The van der Waals surface area contributed by atoms with Crippen molar-refractivity contribution in [1.29, 1.82) is 0 Å². The highest BCUT2D eigenvalue weighted by Gasteiger charge is 2.10. The van der Waals surface area contributed by atoms with Crippen LogP contribution in [-0.2, 0) is 6.54 Å². The van der Waals surface area contributed by atoms with Crippen molar-refractivity contribution in [3.63, 3.8) is 0 Å². The molecule has 0 aromatic heterocycles. The molecule has 0 saturated carbocycles. The lowest BCUT2D eigenvalue weighted by Gasteiger charge is -2.16. The van der Waals surface area contributed by atoms with Crippen LogP contribution in [0.1, 0.15) is 29.7 Å². The molecule has 1 atom stereocenters. The second-order valence-corrected chi connectivity index (χ2v) is 6.12. The summed E-state index contributed by atoms with van der Waals surface area (Å²) in [6.45, 7) is 1.87. The van der Waals surface area contributed by atoms with E-state index < -0.39 is 12.7 Å². The first-order chi connectivity index (χ1) is 13.4. The van der Waals surface area contributed by atoms with Crippen molar-refractivity contribution in [1.82, 2.24) is 10.6 Å². The molecule has 2 aromatic carbocycles. The van der Waals surface area contributed by atoms with Crippen LogP contribution in [0.3, 0.4) is 0 Å². The van der Waals surface area contributed by atoms with Gasteiger partial charge >= 0.3 is 6.61 Å². The van der Waals surface area contributed by atoms with Crippen molar-refractivity contribution in [2.75, 3.05) is 13.1 Å². The summed E-state index contributed by atoms with van der Waals surface area (Å²) in [5.41, 5.74) is 1.98. The van der Waals surface area contributed by atoms with Crippen molar-refractivity contribution < 1.29 is 23.0 Å². The first-order valence-corrected chi connectivity index (χ1v) is 8.89. The molecular weight excluding hydrogens is 371 g/mol. The van der Waals surface area contributed by atoms with Gasteiger partial charge in [0.2, 0.25) is 0 Å². The smallest absolute Gasteiger partial charge is 0.387 e. The number of aliphatic imine (C=N–C) groups is 1. The lowest BCUT2D eigenvalue weighted by atomic mass is 10.1. The zero-order chi connectivity index (χ0) is 20.5. The van der Waals surface area contributed by atoms with Crippen molar-refractivity contribution in [2.24, 2.45) is 4.99 Å². The normalized spacial score (nSPS) is 12.8. The van der Waals surface area contributed by atoms with E-state index in [9.17, 15) is 18.3 Å². The Morgan fingerprint density at radius 3 is 2.46 bits per heavy atom. The van der Waals surface area contributed by atoms with Crippen LogP contribution in [0.25, 0.3) is 0 Å². The summed E-state index contributed by atoms with van der Waals surface area (Å²) >= 11 is 0. The van der Waals surface area contributed by atoms with Gasteiger partial charge in [0.05, 0.1) is 12.6 Å². The molecule has 2 aromatic rings. The highest BCUT2D eigenvalue weighted by Crippen LogP contribution is 2.19. The standard InChI is InChI=1S/C20H24F3N3O2/c1-3-24-20(25-11-14-4-9-17(21)13(2)10-14)26-12-18(27)15-5-7-16(8-6-15)28-19(22)23/h4-10,18-19,27H,3,11-12H2,1-2H3,(H2,24,25,26). The molecule has 28 heavy (non-hydrogen) atoms. The van der Waals surface area contributed by atoms with Gasteiger partial charge in [-0.05, 0) is 48.7 Å². The molecule has 8 heteroatoms. The van der Waals surface area contributed by atoms with E-state index in [-0.39, 0.29) is 18.1 Å². The topological polar surface area (TPSA) is 65.9 Å². The molecule has 152 valence electrons. The number of alkyl halides is 2. The highest BCUT2D eigenvalue weighted by molar-refractivity contribution is 5.79. The van der Waals surface area contributed by atoms with Crippen LogP contribution < -0.4 is 15.4 Å². The van der Waals surface area contributed by atoms with Gasteiger partial charge in [-0.15, -0.1) is 0 Å². The molecule has 0 amide bonds. The van der Waals surface area contributed by atoms with Gasteiger partial charge in [0.15, 0.2) is 5.96 Å². The monoisotopic (exact) mass is 395 g/mol. The van der Waals surface area contributed by atoms with Crippen LogP contribution in [0.4, 0.5) is 13.2 Å². The van der Waals surface area contributed by atoms with Crippen LogP contribution in [-0.4, -0.2) is 30.8 Å². The number of halogens is 3. The Balaban J connectivity index is 1.94. The fourth-order valence-electron chi connectivity index (χ4n) is 2.50. The quantitative estimate of drug-likeness (QED) is 0.473. The Morgan fingerprint density at radius 2 is 1.86 bits per heavy atom. The Morgan fingerprint density at radius 1 is 1.14 bits per heavy atom. The number of aliphatic hydroxyl groups is 1. The Bertz CT molecular complexity index is 783. The summed E-state index contributed by atoms with van der Waals surface area (Å²) in [7, 11) is 0. The van der Waals surface area contributed by atoms with Gasteiger partial charge in [-0.1, -0.05) is 24.3 Å². The average molecular weight is 395 g/mol. The van der Waals surface area contributed by atoms with E-state index in [0.717, 1.165) is 5.56 Å². The third-order valence-electron chi connectivity index (χ3n) is 3.94. The number of nitrogens with one attached hydrogen (secondary N) is 2. The van der Waals surface area contributed by atoms with Gasteiger partial charge in [-0.3, -0.25) is 0 Å². The predicted octanol–water partition coefficient (Wildman–Crippen LogP) is 3.52. The molecule has 0 aliphatic rings. The minimum absolute atomic E-state index is 0.0309. The zero-order valence-corrected chi connectivity index (χ0v) is 15.8. The van der Waals surface area contributed by atoms with Gasteiger partial charge in [0.1, 0.15) is 11.6 Å². The second-order valence-electron chi connectivity index (χ2n) is 6.12. The highest BCUT2D eigenvalue weighted by atomic mass is 19.3. The van der Waals surface area contributed by atoms with Crippen LogP contribution in [0.15, 0.2) is 47.5 Å². The molecule has 0 aliphatic carbocycles. The fourth-order valence-corrected chi connectivity index (χ4v) is 2.50. The third kappa shape index (κ3) is 6.77. The Hall–Kier alpha value is -2.74. The molecule has 0 bridgehead atoms. The van der Waals surface area contributed by atoms with Crippen LogP contribution in [0.2, 0.25) is 0 Å². The number of ether oxygens (including phenoxy) is 1. The average Bonchev–Trinajstić information content (AvgIpc) is 2.66. The number of aryl methyl sites for hydroxylation is 1. The zero-order valence-electron chi connectivity index (χ0n) is 15.8. The summed E-state index contributed by atoms with van der Waals surface area (Å²) in [6.07, 6.45) is -0.863. The van der Waals surface area contributed by atoms with Crippen LogP contribution in [0.5, 0.6) is 5.75 Å². The van der Waals surface area contributed by atoms with E-state index in [2.05, 4.69) is 20.4 Å². The molecule has 0 heterocycles. The summed E-state index contributed by atoms with van der Waals surface area (Å²) in [4.78, 5) is 4.42. The molecule has 1 unspecified atom stereocenters. The molecule has 0 aliphatic heterocycles. The molecule has 5 nitrogen and oxygen atoms in total. The molecule has 0 fully saturated rings. The molecule has 0 radical (unpaired) electrons. The summed E-state index contributed by atoms with van der Waals surface area (Å²) in [5, 5.41) is 16.4. The molecular formula is C20H24F3N3O2. The summed E-state index contributed by atoms with van der Waals surface area (Å²) < 4.78 is 42.0. The van der Waals surface area contributed by atoms with Crippen molar-refractivity contribution in [3.05, 3.63) is 65.0 Å². The second kappa shape index (κ2) is 10.6. The van der Waals surface area contributed by atoms with Crippen molar-refractivity contribution >= 4 is 5.96 Å². The molecule has 2 rings (SSSR count). The van der Waals surface area contributed by atoms with Crippen LogP contribution in [0, 0.1) is 12.7 Å². The van der Waals surface area contributed by atoms with E-state index in [1.807, 2.05) is 6.92 Å². The van der Waals surface area contributed by atoms with E-state index in [0.29, 0.717) is 30.2 Å². The number of aliphatic hydroxyl groups excluding tert-OH is 1. The van der Waals surface area contributed by atoms with Crippen molar-refractivity contribution in [3.8, 4) is 5.75 Å². The van der Waals surface area contributed by atoms with E-state index in [1.54, 1.807) is 19.1 Å². The van der Waals surface area contributed by atoms with Crippen molar-refractivity contribution in [2.45, 2.75) is 33.1 Å². The molecule has 0 saturated heterocycles. The van der Waals surface area contributed by atoms with Gasteiger partial charge in [-0.2, -0.15) is 8.78 Å².